The van der Waals surface area contributed by atoms with E-state index in [0.29, 0.717) is 23.3 Å². The van der Waals surface area contributed by atoms with Gasteiger partial charge in [0, 0.05) is 17.1 Å². The van der Waals surface area contributed by atoms with Gasteiger partial charge in [-0.1, -0.05) is 24.3 Å². The zero-order chi connectivity index (χ0) is 27.7. The van der Waals surface area contributed by atoms with E-state index >= 15 is 0 Å². The number of hydrogen-bond donors (Lipinski definition) is 2. The van der Waals surface area contributed by atoms with E-state index in [-0.39, 0.29) is 23.0 Å². The van der Waals surface area contributed by atoms with Crippen LogP contribution >= 0.6 is 11.3 Å². The smallest absolute Gasteiger partial charge is 0.264 e. The minimum absolute atomic E-state index is 0.0417. The van der Waals surface area contributed by atoms with E-state index in [9.17, 15) is 10.1 Å². The van der Waals surface area contributed by atoms with E-state index < -0.39 is 0 Å². The first-order valence-electron chi connectivity index (χ1n) is 13.5. The minimum Gasteiger partial charge on any atom is -0.382 e. The predicted octanol–water partition coefficient (Wildman–Crippen LogP) is 5.42. The van der Waals surface area contributed by atoms with Crippen LogP contribution in [0.5, 0.6) is 0 Å². The number of anilines is 2. The molecule has 0 aliphatic carbocycles. The van der Waals surface area contributed by atoms with Crippen LogP contribution in [0.3, 0.4) is 0 Å². The molecular weight excluding hydrogens is 506 g/mol. The number of aromatic nitrogens is 3. The maximum atomic E-state index is 14.0. The van der Waals surface area contributed by atoms with Crippen molar-refractivity contribution in [2.24, 2.45) is 5.92 Å². The van der Waals surface area contributed by atoms with Gasteiger partial charge in [-0.3, -0.25) is 9.20 Å². The van der Waals surface area contributed by atoms with E-state index in [4.69, 9.17) is 5.73 Å². The van der Waals surface area contributed by atoms with Crippen LogP contribution in [0.15, 0.2) is 46.8 Å². The van der Waals surface area contributed by atoms with Gasteiger partial charge in [-0.15, -0.1) is 11.3 Å². The lowest BCUT2D eigenvalue weighted by molar-refractivity contribution is 0.149. The highest BCUT2D eigenvalue weighted by molar-refractivity contribution is 7.15. The minimum atomic E-state index is -0.314. The Morgan fingerprint density at radius 2 is 1.97 bits per heavy atom. The molecule has 0 amide bonds. The Kier molecular flexibility index (Phi) is 7.69. The van der Waals surface area contributed by atoms with Crippen molar-refractivity contribution in [3.63, 3.8) is 0 Å². The molecule has 0 saturated carbocycles. The van der Waals surface area contributed by atoms with Crippen molar-refractivity contribution in [2.75, 3.05) is 24.1 Å². The molecule has 4 heterocycles. The number of aryl methyl sites for hydroxylation is 1. The highest BCUT2D eigenvalue weighted by atomic mass is 32.1. The fourth-order valence-electron chi connectivity index (χ4n) is 5.62. The van der Waals surface area contributed by atoms with E-state index in [2.05, 4.69) is 64.4 Å². The number of pyridine rings is 1. The maximum Gasteiger partial charge on any atom is 0.264 e. The number of thiazole rings is 1. The predicted molar refractivity (Wildman–Crippen MR) is 158 cm³/mol. The molecule has 1 atom stereocenters. The molecule has 0 radical (unpaired) electrons. The van der Waals surface area contributed by atoms with E-state index in [1.807, 2.05) is 25.3 Å². The molecule has 1 aliphatic rings. The number of nitrogens with two attached hydrogens (primary N) is 1. The number of likely N-dealkylation sites (tertiary alicyclic amines) is 1. The summed E-state index contributed by atoms with van der Waals surface area (Å²) in [6.45, 7) is 10.7. The number of nitriles is 1. The summed E-state index contributed by atoms with van der Waals surface area (Å²) in [6.07, 6.45) is 4.74. The van der Waals surface area contributed by atoms with Crippen molar-refractivity contribution in [1.82, 2.24) is 19.3 Å². The Morgan fingerprint density at radius 3 is 2.69 bits per heavy atom. The van der Waals surface area contributed by atoms with Crippen LogP contribution in [-0.4, -0.2) is 38.4 Å². The molecule has 1 saturated heterocycles. The Labute approximate surface area is 233 Å². The number of benzene rings is 1. The second kappa shape index (κ2) is 11.2. The molecule has 9 heteroatoms. The van der Waals surface area contributed by atoms with Gasteiger partial charge in [-0.2, -0.15) is 5.26 Å². The lowest BCUT2D eigenvalue weighted by atomic mass is 9.88. The summed E-state index contributed by atoms with van der Waals surface area (Å²) >= 11 is 1.54. The number of fused-ring (bicyclic) bond motifs is 1. The second-order valence-corrected chi connectivity index (χ2v) is 11.7. The first-order chi connectivity index (χ1) is 18.8. The zero-order valence-corrected chi connectivity index (χ0v) is 23.8. The second-order valence-electron chi connectivity index (χ2n) is 10.8. The molecular formula is C30H35N7OS. The zero-order valence-electron chi connectivity index (χ0n) is 22.9. The summed E-state index contributed by atoms with van der Waals surface area (Å²) in [7, 11) is 0. The molecule has 3 aromatic heterocycles. The molecule has 202 valence electrons. The number of nitrogens with one attached hydrogen (secondary N) is 1. The van der Waals surface area contributed by atoms with E-state index in [1.54, 1.807) is 15.7 Å². The highest BCUT2D eigenvalue weighted by Gasteiger charge is 2.23. The average molecular weight is 542 g/mol. The normalized spacial score (nSPS) is 15.5. The molecule has 0 unspecified atom stereocenters. The van der Waals surface area contributed by atoms with E-state index in [1.165, 1.54) is 24.7 Å². The van der Waals surface area contributed by atoms with Crippen molar-refractivity contribution in [1.29, 1.82) is 5.26 Å². The quantitative estimate of drug-likeness (QED) is 0.321. The van der Waals surface area contributed by atoms with Crippen molar-refractivity contribution in [3.8, 4) is 17.2 Å². The summed E-state index contributed by atoms with van der Waals surface area (Å²) in [5, 5.41) is 14.9. The van der Waals surface area contributed by atoms with Gasteiger partial charge in [-0.05, 0) is 88.7 Å². The molecule has 5 rings (SSSR count). The lowest BCUT2D eigenvalue weighted by Gasteiger charge is -2.34. The Hall–Kier alpha value is -3.74. The molecule has 3 N–H and O–H groups in total. The molecule has 1 fully saturated rings. The molecule has 0 bridgehead atoms. The monoisotopic (exact) mass is 541 g/mol. The summed E-state index contributed by atoms with van der Waals surface area (Å²) in [5.74, 6) is 1.12. The van der Waals surface area contributed by atoms with Crippen molar-refractivity contribution < 1.29 is 0 Å². The van der Waals surface area contributed by atoms with Gasteiger partial charge in [0.25, 0.3) is 5.56 Å². The van der Waals surface area contributed by atoms with Gasteiger partial charge >= 0.3 is 0 Å². The summed E-state index contributed by atoms with van der Waals surface area (Å²) in [5.41, 5.74) is 10.7. The summed E-state index contributed by atoms with van der Waals surface area (Å²) in [4.78, 5) is 25.6. The topological polar surface area (TPSA) is 112 Å². The van der Waals surface area contributed by atoms with Gasteiger partial charge in [0.15, 0.2) is 0 Å². The Balaban J connectivity index is 1.52. The number of rotatable bonds is 7. The Bertz CT molecular complexity index is 1590. The van der Waals surface area contributed by atoms with Crippen LogP contribution in [0.1, 0.15) is 62.0 Å². The molecule has 1 aliphatic heterocycles. The third kappa shape index (κ3) is 5.40. The van der Waals surface area contributed by atoms with Crippen molar-refractivity contribution >= 4 is 27.8 Å². The first-order valence-corrected chi connectivity index (χ1v) is 14.4. The number of hydrogen-bond acceptors (Lipinski definition) is 8. The van der Waals surface area contributed by atoms with Crippen LogP contribution in [0.4, 0.5) is 11.6 Å². The van der Waals surface area contributed by atoms with Crippen LogP contribution < -0.4 is 16.6 Å². The van der Waals surface area contributed by atoms with Gasteiger partial charge in [0.05, 0.1) is 11.6 Å². The van der Waals surface area contributed by atoms with Crippen LogP contribution in [0.2, 0.25) is 0 Å². The molecule has 39 heavy (non-hydrogen) atoms. The largest absolute Gasteiger partial charge is 0.382 e. The number of nitrogens with zero attached hydrogens (tertiary/aromatic N) is 5. The van der Waals surface area contributed by atoms with Crippen LogP contribution in [0, 0.1) is 24.2 Å². The number of piperidine rings is 1. The highest BCUT2D eigenvalue weighted by Crippen LogP contribution is 2.32. The van der Waals surface area contributed by atoms with Gasteiger partial charge in [0.1, 0.15) is 34.4 Å². The Morgan fingerprint density at radius 1 is 1.21 bits per heavy atom. The summed E-state index contributed by atoms with van der Waals surface area (Å²) < 4.78 is 1.79. The molecule has 8 nitrogen and oxygen atoms in total. The van der Waals surface area contributed by atoms with Crippen LogP contribution in [0.25, 0.3) is 16.0 Å². The SMILES string of the molecule is Cc1csc2cc([C@H](C)Nc3ncnc(N)c3C#N)c(-c3cccc(CC4CCN(C(C)C)CC4)c3)c(=O)n12. The lowest BCUT2D eigenvalue weighted by Crippen LogP contribution is -2.38. The van der Waals surface area contributed by atoms with Gasteiger partial charge in [0.2, 0.25) is 0 Å². The fraction of sp³-hybridized carbons (Fsp3) is 0.400. The molecule has 0 spiro atoms. The summed E-state index contributed by atoms with van der Waals surface area (Å²) in [6, 6.07) is 12.9. The average Bonchev–Trinajstić information content (AvgIpc) is 3.30. The van der Waals surface area contributed by atoms with Crippen LogP contribution in [-0.2, 0) is 6.42 Å². The maximum absolute atomic E-state index is 14.0. The molecule has 4 aromatic rings. The van der Waals surface area contributed by atoms with E-state index in [0.717, 1.165) is 41.2 Å². The third-order valence-corrected chi connectivity index (χ3v) is 8.84. The first kappa shape index (κ1) is 26.9. The van der Waals surface area contributed by atoms with Crippen molar-refractivity contribution in [2.45, 2.75) is 59.0 Å². The number of nitrogen functional groups attached to an aromatic ring is 1. The third-order valence-electron chi connectivity index (χ3n) is 7.84. The standard InChI is InChI=1S/C30H35N7OS/c1-18(2)36-10-8-21(9-11-36)12-22-6-5-7-23(13-22)27-24(14-26-37(30(27)38)19(3)16-39-26)20(4)35-29-25(15-31)28(32)33-17-34-29/h5-7,13-14,16-18,20-21H,8-12H2,1-4H3,(H3,32,33,34,35)/t20-/m0/s1. The van der Waals surface area contributed by atoms with Gasteiger partial charge < -0.3 is 16.0 Å². The molecule has 1 aromatic carbocycles. The fourth-order valence-corrected chi connectivity index (χ4v) is 6.54. The van der Waals surface area contributed by atoms with Gasteiger partial charge in [-0.25, -0.2) is 9.97 Å². The van der Waals surface area contributed by atoms with Crippen molar-refractivity contribution in [3.05, 3.63) is 74.8 Å².